The van der Waals surface area contributed by atoms with Crippen molar-refractivity contribution in [1.82, 2.24) is 20.1 Å². The monoisotopic (exact) mass is 440 g/mol. The SMILES string of the molecule is CSc1ccc(-c2noc(CSc3cc(C)nc(-c4ccc(Cl)cc4)n3)n2)cc1. The summed E-state index contributed by atoms with van der Waals surface area (Å²) in [5.74, 6) is 2.35. The standard InChI is InChI=1S/C21H17ClN4OS2/c1-13-11-19(25-20(23-13)14-3-7-16(22)8-4-14)29-12-18-24-21(26-27-18)15-5-9-17(28-2)10-6-15/h3-11H,12H2,1-2H3. The lowest BCUT2D eigenvalue weighted by molar-refractivity contribution is 0.391. The molecule has 2 heterocycles. The molecule has 29 heavy (non-hydrogen) atoms. The van der Waals surface area contributed by atoms with Gasteiger partial charge in [0.15, 0.2) is 5.82 Å². The van der Waals surface area contributed by atoms with Gasteiger partial charge in [-0.1, -0.05) is 28.5 Å². The second kappa shape index (κ2) is 8.98. The topological polar surface area (TPSA) is 64.7 Å². The van der Waals surface area contributed by atoms with Crippen molar-refractivity contribution >= 4 is 35.1 Å². The van der Waals surface area contributed by atoms with E-state index in [0.717, 1.165) is 21.8 Å². The van der Waals surface area contributed by atoms with Gasteiger partial charge in [-0.3, -0.25) is 0 Å². The number of aryl methyl sites for hydroxylation is 1. The molecule has 0 bridgehead atoms. The van der Waals surface area contributed by atoms with Crippen molar-refractivity contribution in [3.05, 3.63) is 71.2 Å². The first-order chi connectivity index (χ1) is 14.1. The molecule has 0 amide bonds. The average molecular weight is 441 g/mol. The Kier molecular flexibility index (Phi) is 6.18. The quantitative estimate of drug-likeness (QED) is 0.262. The Balaban J connectivity index is 1.48. The summed E-state index contributed by atoms with van der Waals surface area (Å²) in [6.45, 7) is 1.95. The second-order valence-corrected chi connectivity index (χ2v) is 8.52. The highest BCUT2D eigenvalue weighted by Crippen LogP contribution is 2.26. The van der Waals surface area contributed by atoms with Gasteiger partial charge >= 0.3 is 0 Å². The van der Waals surface area contributed by atoms with E-state index in [1.807, 2.05) is 67.8 Å². The summed E-state index contributed by atoms with van der Waals surface area (Å²) in [7, 11) is 0. The molecule has 0 spiro atoms. The van der Waals surface area contributed by atoms with E-state index < -0.39 is 0 Å². The number of benzene rings is 2. The molecular formula is C21H17ClN4OS2. The minimum Gasteiger partial charge on any atom is -0.338 e. The van der Waals surface area contributed by atoms with Crippen LogP contribution in [0, 0.1) is 6.92 Å². The molecule has 8 heteroatoms. The largest absolute Gasteiger partial charge is 0.338 e. The van der Waals surface area contributed by atoms with Gasteiger partial charge in [-0.2, -0.15) is 4.98 Å². The normalized spacial score (nSPS) is 11.0. The second-order valence-electron chi connectivity index (χ2n) is 6.21. The maximum Gasteiger partial charge on any atom is 0.237 e. The van der Waals surface area contributed by atoms with Crippen LogP contribution in [0.2, 0.25) is 5.02 Å². The molecule has 4 aromatic rings. The Bertz CT molecular complexity index is 1110. The lowest BCUT2D eigenvalue weighted by Crippen LogP contribution is -1.94. The Morgan fingerprint density at radius 1 is 0.897 bits per heavy atom. The van der Waals surface area contributed by atoms with Crippen LogP contribution in [0.25, 0.3) is 22.8 Å². The Hall–Kier alpha value is -2.35. The molecule has 0 aliphatic heterocycles. The summed E-state index contributed by atoms with van der Waals surface area (Å²) in [6.07, 6.45) is 2.05. The van der Waals surface area contributed by atoms with E-state index in [9.17, 15) is 0 Å². The zero-order chi connectivity index (χ0) is 20.2. The van der Waals surface area contributed by atoms with Gasteiger partial charge in [0.05, 0.1) is 5.75 Å². The first kappa shape index (κ1) is 19.9. The molecule has 4 rings (SSSR count). The van der Waals surface area contributed by atoms with Crippen molar-refractivity contribution in [3.8, 4) is 22.8 Å². The van der Waals surface area contributed by atoms with Gasteiger partial charge in [-0.25, -0.2) is 9.97 Å². The fourth-order valence-corrected chi connectivity index (χ4v) is 3.98. The summed E-state index contributed by atoms with van der Waals surface area (Å²) in [4.78, 5) is 14.9. The molecule has 0 saturated heterocycles. The predicted octanol–water partition coefficient (Wildman–Crippen LogP) is 6.17. The lowest BCUT2D eigenvalue weighted by Gasteiger charge is -2.05. The number of thioether (sulfide) groups is 2. The molecule has 0 aliphatic carbocycles. The minimum absolute atomic E-state index is 0.534. The van der Waals surface area contributed by atoms with E-state index in [1.165, 1.54) is 16.7 Å². The third kappa shape index (κ3) is 4.98. The van der Waals surface area contributed by atoms with Crippen molar-refractivity contribution < 1.29 is 4.52 Å². The molecule has 0 atom stereocenters. The molecule has 2 aromatic carbocycles. The number of halogens is 1. The van der Waals surface area contributed by atoms with Crippen LogP contribution in [-0.4, -0.2) is 26.4 Å². The lowest BCUT2D eigenvalue weighted by atomic mass is 10.2. The van der Waals surface area contributed by atoms with Crippen molar-refractivity contribution in [2.24, 2.45) is 0 Å². The summed E-state index contributed by atoms with van der Waals surface area (Å²) in [6, 6.07) is 17.5. The van der Waals surface area contributed by atoms with Gasteiger partial charge in [0.2, 0.25) is 11.7 Å². The maximum absolute atomic E-state index is 5.97. The van der Waals surface area contributed by atoms with Crippen LogP contribution >= 0.6 is 35.1 Å². The fraction of sp³-hybridized carbons (Fsp3) is 0.143. The van der Waals surface area contributed by atoms with Crippen molar-refractivity contribution in [3.63, 3.8) is 0 Å². The van der Waals surface area contributed by atoms with Crippen LogP contribution in [0.4, 0.5) is 0 Å². The van der Waals surface area contributed by atoms with E-state index >= 15 is 0 Å². The molecule has 5 nitrogen and oxygen atoms in total. The first-order valence-electron chi connectivity index (χ1n) is 8.82. The number of aromatic nitrogens is 4. The highest BCUT2D eigenvalue weighted by atomic mass is 35.5. The molecule has 0 fully saturated rings. The van der Waals surface area contributed by atoms with Crippen LogP contribution in [-0.2, 0) is 5.75 Å². The van der Waals surface area contributed by atoms with Gasteiger partial charge in [0.1, 0.15) is 5.03 Å². The molecule has 0 radical (unpaired) electrons. The highest BCUT2D eigenvalue weighted by molar-refractivity contribution is 7.98. The van der Waals surface area contributed by atoms with E-state index in [4.69, 9.17) is 16.1 Å². The van der Waals surface area contributed by atoms with Crippen LogP contribution in [0.15, 0.2) is 69.0 Å². The zero-order valence-corrected chi connectivity index (χ0v) is 18.2. The van der Waals surface area contributed by atoms with Crippen molar-refractivity contribution in [1.29, 1.82) is 0 Å². The van der Waals surface area contributed by atoms with Gasteiger partial charge < -0.3 is 4.52 Å². The van der Waals surface area contributed by atoms with Crippen LogP contribution < -0.4 is 0 Å². The van der Waals surface area contributed by atoms with Gasteiger partial charge in [-0.15, -0.1) is 11.8 Å². The molecule has 0 N–H and O–H groups in total. The van der Waals surface area contributed by atoms with Gasteiger partial charge in [0, 0.05) is 26.7 Å². The molecule has 2 aromatic heterocycles. The highest BCUT2D eigenvalue weighted by Gasteiger charge is 2.11. The van der Waals surface area contributed by atoms with E-state index in [1.54, 1.807) is 11.8 Å². The van der Waals surface area contributed by atoms with E-state index in [2.05, 4.69) is 20.1 Å². The average Bonchev–Trinajstić information content (AvgIpc) is 3.21. The predicted molar refractivity (Wildman–Crippen MR) is 118 cm³/mol. The summed E-state index contributed by atoms with van der Waals surface area (Å²) in [5.41, 5.74) is 2.76. The Morgan fingerprint density at radius 3 is 2.31 bits per heavy atom. The molecule has 146 valence electrons. The Morgan fingerprint density at radius 2 is 1.59 bits per heavy atom. The van der Waals surface area contributed by atoms with E-state index in [0.29, 0.717) is 28.3 Å². The van der Waals surface area contributed by atoms with Crippen LogP contribution in [0.1, 0.15) is 11.6 Å². The number of hydrogen-bond acceptors (Lipinski definition) is 7. The molecule has 0 aliphatic rings. The summed E-state index contributed by atoms with van der Waals surface area (Å²) < 4.78 is 5.41. The maximum atomic E-state index is 5.97. The number of hydrogen-bond donors (Lipinski definition) is 0. The number of nitrogens with zero attached hydrogens (tertiary/aromatic N) is 4. The first-order valence-corrected chi connectivity index (χ1v) is 11.4. The van der Waals surface area contributed by atoms with Crippen LogP contribution in [0.5, 0.6) is 0 Å². The summed E-state index contributed by atoms with van der Waals surface area (Å²) >= 11 is 9.21. The Labute approximate surface area is 182 Å². The smallest absolute Gasteiger partial charge is 0.237 e. The number of rotatable bonds is 6. The summed E-state index contributed by atoms with van der Waals surface area (Å²) in [5, 5.41) is 5.63. The van der Waals surface area contributed by atoms with Crippen molar-refractivity contribution in [2.45, 2.75) is 22.6 Å². The molecular weight excluding hydrogens is 424 g/mol. The van der Waals surface area contributed by atoms with Crippen LogP contribution in [0.3, 0.4) is 0 Å². The van der Waals surface area contributed by atoms with Gasteiger partial charge in [0.25, 0.3) is 0 Å². The minimum atomic E-state index is 0.534. The van der Waals surface area contributed by atoms with Crippen molar-refractivity contribution in [2.75, 3.05) is 6.26 Å². The third-order valence-electron chi connectivity index (χ3n) is 4.09. The van der Waals surface area contributed by atoms with Gasteiger partial charge in [-0.05, 0) is 67.8 Å². The zero-order valence-electron chi connectivity index (χ0n) is 15.8. The molecule has 0 saturated carbocycles. The molecule has 0 unspecified atom stereocenters. The third-order valence-corrected chi connectivity index (χ3v) is 5.98. The fourth-order valence-electron chi connectivity index (χ4n) is 2.65. The van der Waals surface area contributed by atoms with E-state index in [-0.39, 0.29) is 0 Å².